The van der Waals surface area contributed by atoms with Gasteiger partial charge in [0.05, 0.1) is 0 Å². The maximum absolute atomic E-state index is 12.3. The van der Waals surface area contributed by atoms with Crippen LogP contribution < -0.4 is 0 Å². The molecule has 0 radical (unpaired) electrons. The lowest BCUT2D eigenvalue weighted by Gasteiger charge is -2.14. The van der Waals surface area contributed by atoms with Crippen LogP contribution in [0.25, 0.3) is 0 Å². The molecule has 0 aromatic carbocycles. The Labute approximate surface area is 43.5 Å². The van der Waals surface area contributed by atoms with Gasteiger partial charge in [-0.1, -0.05) is 6.92 Å². The number of ether oxygens (including phenoxy) is 1. The molecule has 0 aliphatic carbocycles. The molecule has 0 fully saturated rings. The molecule has 0 saturated carbocycles. The minimum Gasteiger partial charge on any atom is -0.349 e. The molecule has 0 rings (SSSR count). The molecule has 7 heavy (non-hydrogen) atoms. The maximum atomic E-state index is 12.3. The van der Waals surface area contributed by atoms with Crippen LogP contribution in [0.2, 0.25) is 0 Å². The zero-order valence-corrected chi connectivity index (χ0v) is 4.99. The van der Waals surface area contributed by atoms with Crippen LogP contribution in [0.5, 0.6) is 0 Å². The standard InChI is InChI=1S/C5H11FO/c1-4-5(2,6)7-3/h4H2,1-3H3. The second-order valence-electron chi connectivity index (χ2n) is 1.66. The van der Waals surface area contributed by atoms with E-state index in [4.69, 9.17) is 0 Å². The van der Waals surface area contributed by atoms with Gasteiger partial charge in [0.1, 0.15) is 0 Å². The Morgan fingerprint density at radius 3 is 2.14 bits per heavy atom. The summed E-state index contributed by atoms with van der Waals surface area (Å²) in [6.45, 7) is 3.15. The predicted octanol–water partition coefficient (Wildman–Crippen LogP) is 1.73. The number of halogens is 1. The van der Waals surface area contributed by atoms with Gasteiger partial charge in [-0.05, 0) is 6.92 Å². The summed E-state index contributed by atoms with van der Waals surface area (Å²) >= 11 is 0. The summed E-state index contributed by atoms with van der Waals surface area (Å²) in [5.41, 5.74) is 0. The first kappa shape index (κ1) is 6.89. The van der Waals surface area contributed by atoms with Gasteiger partial charge in [0, 0.05) is 13.5 Å². The van der Waals surface area contributed by atoms with Gasteiger partial charge in [0.25, 0.3) is 0 Å². The SMILES string of the molecule is CCC(C)(F)OC. The summed E-state index contributed by atoms with van der Waals surface area (Å²) in [5.74, 6) is -1.42. The molecule has 0 aliphatic rings. The van der Waals surface area contributed by atoms with E-state index in [2.05, 4.69) is 4.74 Å². The largest absolute Gasteiger partial charge is 0.349 e. The number of rotatable bonds is 2. The van der Waals surface area contributed by atoms with Crippen LogP contribution in [0.1, 0.15) is 20.3 Å². The fraction of sp³-hybridized carbons (Fsp3) is 1.00. The number of alkyl halides is 1. The van der Waals surface area contributed by atoms with E-state index in [9.17, 15) is 4.39 Å². The summed E-state index contributed by atoms with van der Waals surface area (Å²) in [6, 6.07) is 0. The third-order valence-electron chi connectivity index (χ3n) is 1.06. The molecule has 0 heterocycles. The Morgan fingerprint density at radius 2 is 2.14 bits per heavy atom. The van der Waals surface area contributed by atoms with Crippen LogP contribution in [0.4, 0.5) is 4.39 Å². The first-order valence-electron chi connectivity index (χ1n) is 2.36. The van der Waals surface area contributed by atoms with E-state index >= 15 is 0 Å². The lowest BCUT2D eigenvalue weighted by Crippen LogP contribution is -2.17. The molecule has 0 aromatic heterocycles. The third kappa shape index (κ3) is 2.57. The van der Waals surface area contributed by atoms with Crippen molar-refractivity contribution in [2.24, 2.45) is 0 Å². The molecule has 0 spiro atoms. The van der Waals surface area contributed by atoms with Crippen molar-refractivity contribution < 1.29 is 9.13 Å². The molecule has 0 amide bonds. The van der Waals surface area contributed by atoms with Crippen LogP contribution in [0.15, 0.2) is 0 Å². The normalized spacial score (nSPS) is 18.9. The van der Waals surface area contributed by atoms with E-state index in [0.29, 0.717) is 6.42 Å². The van der Waals surface area contributed by atoms with Crippen LogP contribution in [0, 0.1) is 0 Å². The van der Waals surface area contributed by atoms with Crippen LogP contribution in [0.3, 0.4) is 0 Å². The molecule has 1 nitrogen and oxygen atoms in total. The molecule has 2 heteroatoms. The van der Waals surface area contributed by atoms with Gasteiger partial charge in [-0.25, -0.2) is 4.39 Å². The van der Waals surface area contributed by atoms with E-state index in [1.807, 2.05) is 0 Å². The van der Waals surface area contributed by atoms with Crippen molar-refractivity contribution in [2.45, 2.75) is 26.1 Å². The van der Waals surface area contributed by atoms with Crippen molar-refractivity contribution in [3.63, 3.8) is 0 Å². The van der Waals surface area contributed by atoms with Crippen molar-refractivity contribution >= 4 is 0 Å². The van der Waals surface area contributed by atoms with Gasteiger partial charge in [-0.3, -0.25) is 0 Å². The van der Waals surface area contributed by atoms with Gasteiger partial charge in [-0.2, -0.15) is 0 Å². The summed E-state index contributed by atoms with van der Waals surface area (Å²) in [4.78, 5) is 0. The molecular formula is C5H11FO. The Hall–Kier alpha value is -0.110. The second kappa shape index (κ2) is 2.26. The minimum absolute atomic E-state index is 0.406. The molecule has 0 saturated heterocycles. The quantitative estimate of drug-likeness (QED) is 0.521. The lowest BCUT2D eigenvalue weighted by atomic mass is 10.3. The average molecular weight is 106 g/mol. The van der Waals surface area contributed by atoms with Crippen LogP contribution >= 0.6 is 0 Å². The number of hydrogen-bond acceptors (Lipinski definition) is 1. The van der Waals surface area contributed by atoms with Gasteiger partial charge >= 0.3 is 0 Å². The number of hydrogen-bond donors (Lipinski definition) is 0. The van der Waals surface area contributed by atoms with E-state index in [1.165, 1.54) is 14.0 Å². The van der Waals surface area contributed by atoms with Gasteiger partial charge < -0.3 is 4.74 Å². The van der Waals surface area contributed by atoms with E-state index < -0.39 is 5.85 Å². The molecular weight excluding hydrogens is 95.1 g/mol. The van der Waals surface area contributed by atoms with Gasteiger partial charge in [0.2, 0.25) is 5.85 Å². The highest BCUT2D eigenvalue weighted by molar-refractivity contribution is 4.53. The van der Waals surface area contributed by atoms with E-state index in [0.717, 1.165) is 0 Å². The Morgan fingerprint density at radius 1 is 1.71 bits per heavy atom. The van der Waals surface area contributed by atoms with Crippen LogP contribution in [-0.2, 0) is 4.74 Å². The summed E-state index contributed by atoms with van der Waals surface area (Å²) < 4.78 is 16.7. The maximum Gasteiger partial charge on any atom is 0.205 e. The Kier molecular flexibility index (Phi) is 2.23. The highest BCUT2D eigenvalue weighted by Crippen LogP contribution is 2.13. The lowest BCUT2D eigenvalue weighted by molar-refractivity contribution is -0.107. The van der Waals surface area contributed by atoms with E-state index in [1.54, 1.807) is 6.92 Å². The molecule has 0 aliphatic heterocycles. The van der Waals surface area contributed by atoms with Crippen molar-refractivity contribution in [2.75, 3.05) is 7.11 Å². The second-order valence-corrected chi connectivity index (χ2v) is 1.66. The summed E-state index contributed by atoms with van der Waals surface area (Å²) in [5, 5.41) is 0. The zero-order chi connectivity index (χ0) is 5.91. The van der Waals surface area contributed by atoms with Crippen LogP contribution in [-0.4, -0.2) is 13.0 Å². The highest BCUT2D eigenvalue weighted by Gasteiger charge is 2.17. The molecule has 0 N–H and O–H groups in total. The smallest absolute Gasteiger partial charge is 0.205 e. The predicted molar refractivity (Wildman–Crippen MR) is 26.8 cm³/mol. The van der Waals surface area contributed by atoms with Crippen molar-refractivity contribution in [1.29, 1.82) is 0 Å². The third-order valence-corrected chi connectivity index (χ3v) is 1.06. The van der Waals surface area contributed by atoms with Gasteiger partial charge in [-0.15, -0.1) is 0 Å². The monoisotopic (exact) mass is 106 g/mol. The molecule has 44 valence electrons. The Bertz CT molecular complexity index is 46.0. The van der Waals surface area contributed by atoms with Crippen molar-refractivity contribution in [3.8, 4) is 0 Å². The molecule has 0 bridgehead atoms. The number of methoxy groups -OCH3 is 1. The minimum atomic E-state index is -1.42. The van der Waals surface area contributed by atoms with Crippen molar-refractivity contribution in [1.82, 2.24) is 0 Å². The molecule has 1 unspecified atom stereocenters. The average Bonchev–Trinajstić information content (AvgIpc) is 1.68. The Balaban J connectivity index is 3.36. The zero-order valence-electron chi connectivity index (χ0n) is 4.99. The van der Waals surface area contributed by atoms with E-state index in [-0.39, 0.29) is 0 Å². The first-order chi connectivity index (χ1) is 3.12. The molecule has 0 aromatic rings. The highest BCUT2D eigenvalue weighted by atomic mass is 19.2. The van der Waals surface area contributed by atoms with Gasteiger partial charge in [0.15, 0.2) is 0 Å². The summed E-state index contributed by atoms with van der Waals surface area (Å²) in [7, 11) is 1.36. The first-order valence-corrected chi connectivity index (χ1v) is 2.36. The fourth-order valence-electron chi connectivity index (χ4n) is 0.144. The summed E-state index contributed by atoms with van der Waals surface area (Å²) in [6.07, 6.45) is 0.406. The van der Waals surface area contributed by atoms with Crippen molar-refractivity contribution in [3.05, 3.63) is 0 Å². The fourth-order valence-corrected chi connectivity index (χ4v) is 0.144. The topological polar surface area (TPSA) is 9.23 Å². The molecule has 1 atom stereocenters.